The molecule has 0 spiro atoms. The van der Waals surface area contributed by atoms with E-state index in [1.54, 1.807) is 0 Å². The van der Waals surface area contributed by atoms with Crippen LogP contribution in [0.15, 0.2) is 24.3 Å². The molecule has 0 aromatic rings. The van der Waals surface area contributed by atoms with E-state index in [2.05, 4.69) is 45.1 Å². The van der Waals surface area contributed by atoms with Gasteiger partial charge in [-0.1, -0.05) is 302 Å². The summed E-state index contributed by atoms with van der Waals surface area (Å²) in [6, 6.07) is 0. The van der Waals surface area contributed by atoms with E-state index in [1.165, 1.54) is 231 Å². The van der Waals surface area contributed by atoms with Crippen LogP contribution in [-0.4, -0.2) is 37.2 Å². The summed E-state index contributed by atoms with van der Waals surface area (Å²) in [5, 5.41) is 0. The minimum atomic E-state index is -0.769. The first-order chi connectivity index (χ1) is 34.5. The van der Waals surface area contributed by atoms with E-state index in [0.717, 1.165) is 77.0 Å². The molecule has 70 heavy (non-hydrogen) atoms. The molecule has 6 nitrogen and oxygen atoms in total. The van der Waals surface area contributed by atoms with Gasteiger partial charge in [0.05, 0.1) is 0 Å². The monoisotopic (exact) mass is 985 g/mol. The van der Waals surface area contributed by atoms with Crippen molar-refractivity contribution in [3.8, 4) is 0 Å². The molecule has 0 aliphatic rings. The van der Waals surface area contributed by atoms with Gasteiger partial charge in [-0.25, -0.2) is 0 Å². The summed E-state index contributed by atoms with van der Waals surface area (Å²) in [7, 11) is 0. The lowest BCUT2D eigenvalue weighted by Gasteiger charge is -2.18. The van der Waals surface area contributed by atoms with Crippen LogP contribution in [0, 0.1) is 0 Å². The lowest BCUT2D eigenvalue weighted by molar-refractivity contribution is -0.167. The molecule has 0 aromatic carbocycles. The number of ether oxygens (including phenoxy) is 3. The molecule has 0 heterocycles. The molecule has 0 amide bonds. The van der Waals surface area contributed by atoms with Crippen molar-refractivity contribution >= 4 is 17.9 Å². The van der Waals surface area contributed by atoms with Crippen molar-refractivity contribution < 1.29 is 28.6 Å². The Bertz CT molecular complexity index is 1130. The van der Waals surface area contributed by atoms with Crippen LogP contribution in [-0.2, 0) is 28.6 Å². The molecule has 0 aliphatic heterocycles. The van der Waals surface area contributed by atoms with Crippen LogP contribution in [0.25, 0.3) is 0 Å². The van der Waals surface area contributed by atoms with E-state index >= 15 is 0 Å². The average molecular weight is 986 g/mol. The number of hydrogen-bond acceptors (Lipinski definition) is 6. The fraction of sp³-hybridized carbons (Fsp3) is 0.891. The van der Waals surface area contributed by atoms with Crippen LogP contribution in [0.5, 0.6) is 0 Å². The molecule has 0 aromatic heterocycles. The van der Waals surface area contributed by atoms with Gasteiger partial charge in [0.1, 0.15) is 13.2 Å². The van der Waals surface area contributed by atoms with Crippen molar-refractivity contribution in [2.45, 2.75) is 354 Å². The Balaban J connectivity index is 3.92. The Hall–Kier alpha value is -2.11. The van der Waals surface area contributed by atoms with Gasteiger partial charge in [-0.2, -0.15) is 0 Å². The molecule has 0 saturated carbocycles. The highest BCUT2D eigenvalue weighted by molar-refractivity contribution is 5.71. The highest BCUT2D eigenvalue weighted by atomic mass is 16.6. The van der Waals surface area contributed by atoms with Crippen LogP contribution < -0.4 is 0 Å². The van der Waals surface area contributed by atoms with Crippen LogP contribution in [0.1, 0.15) is 348 Å². The molecule has 0 aliphatic carbocycles. The van der Waals surface area contributed by atoms with Gasteiger partial charge in [0.15, 0.2) is 6.10 Å². The second kappa shape index (κ2) is 59.5. The predicted octanol–water partition coefficient (Wildman–Crippen LogP) is 21.1. The van der Waals surface area contributed by atoms with Crippen LogP contribution in [0.3, 0.4) is 0 Å². The molecular formula is C64H120O6. The first-order valence-corrected chi connectivity index (χ1v) is 31.3. The standard InChI is InChI=1S/C64H120O6/c1-4-7-10-13-15-17-19-21-23-25-26-27-28-29-30-31-32-33-34-35-36-37-39-40-42-44-46-48-51-54-57-63(66)69-60-61(59-68-62(65)56-53-50-12-9-6-3)70-64(67)58-55-52-49-47-45-43-41-38-24-22-20-18-16-14-11-8-5-2/h16,18,22,24,61H,4-15,17,19-21,23,25-60H2,1-3H3/b18-16-,24-22-. The first kappa shape index (κ1) is 67.9. The predicted molar refractivity (Wildman–Crippen MR) is 303 cm³/mol. The fourth-order valence-corrected chi connectivity index (χ4v) is 9.48. The molecule has 1 unspecified atom stereocenters. The van der Waals surface area contributed by atoms with E-state index in [-0.39, 0.29) is 31.1 Å². The largest absolute Gasteiger partial charge is 0.462 e. The number of carbonyl (C=O) groups excluding carboxylic acids is 3. The topological polar surface area (TPSA) is 78.9 Å². The maximum absolute atomic E-state index is 12.8. The minimum absolute atomic E-state index is 0.0706. The van der Waals surface area contributed by atoms with Crippen LogP contribution in [0.4, 0.5) is 0 Å². The molecule has 0 saturated heterocycles. The minimum Gasteiger partial charge on any atom is -0.462 e. The fourth-order valence-electron chi connectivity index (χ4n) is 9.48. The van der Waals surface area contributed by atoms with Crippen LogP contribution >= 0.6 is 0 Å². The SMILES string of the molecule is CCCCC/C=C\C/C=C\CCCCCCCCCC(=O)OC(COC(=O)CCCCCCC)COC(=O)CCCCCCCCCCCCCCCCCCCCCCCCCCCCCCCC. The maximum Gasteiger partial charge on any atom is 0.306 e. The maximum atomic E-state index is 12.8. The summed E-state index contributed by atoms with van der Waals surface area (Å²) < 4.78 is 16.7. The Morgan fingerprint density at radius 3 is 0.814 bits per heavy atom. The van der Waals surface area contributed by atoms with Gasteiger partial charge in [0, 0.05) is 19.3 Å². The number of hydrogen-bond donors (Lipinski definition) is 0. The van der Waals surface area contributed by atoms with Gasteiger partial charge in [0.25, 0.3) is 0 Å². The quantitative estimate of drug-likeness (QED) is 0.0261. The van der Waals surface area contributed by atoms with E-state index in [1.807, 2.05) is 0 Å². The smallest absolute Gasteiger partial charge is 0.306 e. The molecule has 1 atom stereocenters. The molecule has 0 N–H and O–H groups in total. The summed E-state index contributed by atoms with van der Waals surface area (Å²) >= 11 is 0. The van der Waals surface area contributed by atoms with Crippen molar-refractivity contribution in [1.29, 1.82) is 0 Å². The van der Waals surface area contributed by atoms with Gasteiger partial charge < -0.3 is 14.2 Å². The summed E-state index contributed by atoms with van der Waals surface area (Å²) in [4.78, 5) is 37.8. The zero-order chi connectivity index (χ0) is 50.7. The highest BCUT2D eigenvalue weighted by Crippen LogP contribution is 2.18. The molecule has 0 rings (SSSR count). The van der Waals surface area contributed by atoms with Gasteiger partial charge in [-0.15, -0.1) is 0 Å². The van der Waals surface area contributed by atoms with Crippen molar-refractivity contribution in [2.75, 3.05) is 13.2 Å². The number of esters is 3. The zero-order valence-corrected chi connectivity index (χ0v) is 47.3. The third kappa shape index (κ3) is 56.8. The molecule has 6 heteroatoms. The van der Waals surface area contributed by atoms with Crippen molar-refractivity contribution in [1.82, 2.24) is 0 Å². The Kier molecular flexibility index (Phi) is 57.7. The third-order valence-electron chi connectivity index (χ3n) is 14.2. The normalized spacial score (nSPS) is 12.1. The highest BCUT2D eigenvalue weighted by Gasteiger charge is 2.19. The van der Waals surface area contributed by atoms with Crippen molar-refractivity contribution in [3.63, 3.8) is 0 Å². The lowest BCUT2D eigenvalue weighted by Crippen LogP contribution is -2.30. The Morgan fingerprint density at radius 2 is 0.514 bits per heavy atom. The molecule has 0 bridgehead atoms. The number of carbonyl (C=O) groups is 3. The third-order valence-corrected chi connectivity index (χ3v) is 14.2. The summed E-state index contributed by atoms with van der Waals surface area (Å²) in [5.74, 6) is -0.874. The number of rotatable bonds is 58. The average Bonchev–Trinajstić information content (AvgIpc) is 3.36. The number of allylic oxidation sites excluding steroid dienone is 4. The van der Waals surface area contributed by atoms with Crippen molar-refractivity contribution in [3.05, 3.63) is 24.3 Å². The van der Waals surface area contributed by atoms with E-state index in [9.17, 15) is 14.4 Å². The van der Waals surface area contributed by atoms with Crippen LogP contribution in [0.2, 0.25) is 0 Å². The van der Waals surface area contributed by atoms with E-state index in [0.29, 0.717) is 19.3 Å². The Labute approximate surface area is 436 Å². The molecule has 412 valence electrons. The van der Waals surface area contributed by atoms with E-state index < -0.39 is 6.10 Å². The first-order valence-electron chi connectivity index (χ1n) is 31.3. The lowest BCUT2D eigenvalue weighted by atomic mass is 10.0. The van der Waals surface area contributed by atoms with Gasteiger partial charge in [-0.3, -0.25) is 14.4 Å². The van der Waals surface area contributed by atoms with E-state index in [4.69, 9.17) is 14.2 Å². The molecule has 0 radical (unpaired) electrons. The summed E-state index contributed by atoms with van der Waals surface area (Å²) in [6.45, 7) is 6.58. The van der Waals surface area contributed by atoms with Gasteiger partial charge in [0.2, 0.25) is 0 Å². The van der Waals surface area contributed by atoms with Crippen molar-refractivity contribution in [2.24, 2.45) is 0 Å². The molecule has 0 fully saturated rings. The summed E-state index contributed by atoms with van der Waals surface area (Å²) in [5.41, 5.74) is 0. The molecular weight excluding hydrogens is 865 g/mol. The Morgan fingerprint density at radius 1 is 0.286 bits per heavy atom. The van der Waals surface area contributed by atoms with Gasteiger partial charge in [-0.05, 0) is 51.4 Å². The second-order valence-corrected chi connectivity index (χ2v) is 21.3. The number of unbranched alkanes of at least 4 members (excludes halogenated alkanes) is 43. The van der Waals surface area contributed by atoms with Gasteiger partial charge >= 0.3 is 17.9 Å². The second-order valence-electron chi connectivity index (χ2n) is 21.3. The zero-order valence-electron chi connectivity index (χ0n) is 47.3. The summed E-state index contributed by atoms with van der Waals surface area (Å²) in [6.07, 6.45) is 71.1.